The number of rotatable bonds is 6. The highest BCUT2D eigenvalue weighted by Crippen LogP contribution is 2.28. The van der Waals surface area contributed by atoms with Crippen LogP contribution in [0.3, 0.4) is 0 Å². The van der Waals surface area contributed by atoms with Crippen molar-refractivity contribution in [1.82, 2.24) is 5.32 Å². The van der Waals surface area contributed by atoms with Crippen LogP contribution in [-0.2, 0) is 11.3 Å². The van der Waals surface area contributed by atoms with E-state index in [2.05, 4.69) is 42.3 Å². The standard InChI is InChI=1S/C17H28N2O/c1-14-12-16(13-18-9-11-20-3)7-8-17(14)19-10-5-4-6-15(19)2/h7-8,12,15,18H,4-6,9-11,13H2,1-3H3. The summed E-state index contributed by atoms with van der Waals surface area (Å²) in [5, 5.41) is 3.40. The number of hydrogen-bond acceptors (Lipinski definition) is 3. The number of aryl methyl sites for hydroxylation is 1. The minimum absolute atomic E-state index is 0.674. The van der Waals surface area contributed by atoms with Crippen LogP contribution < -0.4 is 10.2 Å². The number of nitrogens with zero attached hydrogens (tertiary/aromatic N) is 1. The zero-order chi connectivity index (χ0) is 14.4. The van der Waals surface area contributed by atoms with Crippen LogP contribution >= 0.6 is 0 Å². The molecule has 1 saturated heterocycles. The van der Waals surface area contributed by atoms with Gasteiger partial charge in [-0.05, 0) is 50.3 Å². The zero-order valence-corrected chi connectivity index (χ0v) is 13.1. The molecule has 0 amide bonds. The minimum atomic E-state index is 0.674. The van der Waals surface area contributed by atoms with Crippen LogP contribution in [0.5, 0.6) is 0 Å². The maximum atomic E-state index is 5.04. The molecule has 2 rings (SSSR count). The van der Waals surface area contributed by atoms with Crippen LogP contribution in [-0.4, -0.2) is 32.8 Å². The number of benzene rings is 1. The highest BCUT2D eigenvalue weighted by Gasteiger charge is 2.19. The molecule has 3 heteroatoms. The number of hydrogen-bond donors (Lipinski definition) is 1. The zero-order valence-electron chi connectivity index (χ0n) is 13.1. The Bertz CT molecular complexity index is 419. The number of ether oxygens (including phenoxy) is 1. The van der Waals surface area contributed by atoms with E-state index in [9.17, 15) is 0 Å². The maximum Gasteiger partial charge on any atom is 0.0587 e. The average molecular weight is 276 g/mol. The summed E-state index contributed by atoms with van der Waals surface area (Å²) in [7, 11) is 1.74. The number of methoxy groups -OCH3 is 1. The summed E-state index contributed by atoms with van der Waals surface area (Å²) in [6, 6.07) is 7.54. The molecule has 1 unspecified atom stereocenters. The molecule has 0 spiro atoms. The molecule has 0 radical (unpaired) electrons. The third kappa shape index (κ3) is 3.97. The molecule has 0 aromatic heterocycles. The molecule has 1 aromatic carbocycles. The SMILES string of the molecule is COCCNCc1ccc(N2CCCCC2C)c(C)c1. The third-order valence-corrected chi connectivity index (χ3v) is 4.19. The summed E-state index contributed by atoms with van der Waals surface area (Å²) in [6.07, 6.45) is 4.02. The summed E-state index contributed by atoms with van der Waals surface area (Å²) in [4.78, 5) is 2.57. The van der Waals surface area contributed by atoms with Crippen LogP contribution in [0.2, 0.25) is 0 Å². The fourth-order valence-electron chi connectivity index (χ4n) is 3.01. The summed E-state index contributed by atoms with van der Waals surface area (Å²) in [5.74, 6) is 0. The van der Waals surface area contributed by atoms with Gasteiger partial charge in [-0.1, -0.05) is 12.1 Å². The van der Waals surface area contributed by atoms with Crippen LogP contribution in [0.25, 0.3) is 0 Å². The van der Waals surface area contributed by atoms with Gasteiger partial charge >= 0.3 is 0 Å². The molecule has 0 saturated carbocycles. The van der Waals surface area contributed by atoms with E-state index in [1.165, 1.54) is 42.6 Å². The molecule has 0 aliphatic carbocycles. The van der Waals surface area contributed by atoms with Gasteiger partial charge in [-0.3, -0.25) is 0 Å². The Morgan fingerprint density at radius 1 is 1.35 bits per heavy atom. The second-order valence-electron chi connectivity index (χ2n) is 5.83. The molecule has 1 aliphatic heterocycles. The Labute approximate surface area is 123 Å². The third-order valence-electron chi connectivity index (χ3n) is 4.19. The molecule has 20 heavy (non-hydrogen) atoms. The summed E-state index contributed by atoms with van der Waals surface area (Å²) < 4.78 is 5.04. The summed E-state index contributed by atoms with van der Waals surface area (Å²) >= 11 is 0. The Morgan fingerprint density at radius 3 is 2.90 bits per heavy atom. The first-order valence-electron chi connectivity index (χ1n) is 7.78. The van der Waals surface area contributed by atoms with Crippen molar-refractivity contribution >= 4 is 5.69 Å². The molecule has 1 atom stereocenters. The molecule has 1 heterocycles. The maximum absolute atomic E-state index is 5.04. The predicted octanol–water partition coefficient (Wildman–Crippen LogP) is 3.11. The fourth-order valence-corrected chi connectivity index (χ4v) is 3.01. The van der Waals surface area contributed by atoms with Gasteiger partial charge in [0.1, 0.15) is 0 Å². The number of piperidine rings is 1. The Balaban J connectivity index is 1.98. The van der Waals surface area contributed by atoms with E-state index in [-0.39, 0.29) is 0 Å². The van der Waals surface area contributed by atoms with E-state index in [0.717, 1.165) is 19.7 Å². The molecular formula is C17H28N2O. The van der Waals surface area contributed by atoms with Crippen LogP contribution in [0.15, 0.2) is 18.2 Å². The van der Waals surface area contributed by atoms with E-state index < -0.39 is 0 Å². The number of anilines is 1. The first-order valence-corrected chi connectivity index (χ1v) is 7.78. The van der Waals surface area contributed by atoms with Crippen LogP contribution in [0.4, 0.5) is 5.69 Å². The quantitative estimate of drug-likeness (QED) is 0.808. The van der Waals surface area contributed by atoms with Crippen molar-refractivity contribution in [1.29, 1.82) is 0 Å². The van der Waals surface area contributed by atoms with Gasteiger partial charge in [0.05, 0.1) is 6.61 Å². The lowest BCUT2D eigenvalue weighted by atomic mass is 10.0. The largest absolute Gasteiger partial charge is 0.383 e. The highest BCUT2D eigenvalue weighted by atomic mass is 16.5. The number of nitrogens with one attached hydrogen (secondary N) is 1. The molecule has 1 N–H and O–H groups in total. The Kier molecular flexibility index (Phi) is 5.86. The van der Waals surface area contributed by atoms with Gasteiger partial charge in [0, 0.05) is 38.5 Å². The van der Waals surface area contributed by atoms with Gasteiger partial charge in [0.25, 0.3) is 0 Å². The molecule has 1 aliphatic rings. The lowest BCUT2D eigenvalue weighted by molar-refractivity contribution is 0.199. The van der Waals surface area contributed by atoms with Gasteiger partial charge in [0.2, 0.25) is 0 Å². The van der Waals surface area contributed by atoms with Crippen molar-refractivity contribution in [3.8, 4) is 0 Å². The average Bonchev–Trinajstić information content (AvgIpc) is 2.45. The van der Waals surface area contributed by atoms with Crippen molar-refractivity contribution in [3.63, 3.8) is 0 Å². The van der Waals surface area contributed by atoms with Crippen molar-refractivity contribution < 1.29 is 4.74 Å². The van der Waals surface area contributed by atoms with Crippen molar-refractivity contribution in [3.05, 3.63) is 29.3 Å². The lowest BCUT2D eigenvalue weighted by Crippen LogP contribution is -2.37. The van der Waals surface area contributed by atoms with Gasteiger partial charge in [-0.25, -0.2) is 0 Å². The van der Waals surface area contributed by atoms with E-state index in [1.54, 1.807) is 7.11 Å². The first-order chi connectivity index (χ1) is 9.72. The van der Waals surface area contributed by atoms with Crippen molar-refractivity contribution in [2.45, 2.75) is 45.7 Å². The summed E-state index contributed by atoms with van der Waals surface area (Å²) in [6.45, 7) is 8.37. The van der Waals surface area contributed by atoms with Crippen LogP contribution in [0, 0.1) is 6.92 Å². The Morgan fingerprint density at radius 2 is 2.20 bits per heavy atom. The molecule has 1 aromatic rings. The van der Waals surface area contributed by atoms with Crippen molar-refractivity contribution in [2.24, 2.45) is 0 Å². The minimum Gasteiger partial charge on any atom is -0.383 e. The predicted molar refractivity (Wildman–Crippen MR) is 85.4 cm³/mol. The van der Waals surface area contributed by atoms with E-state index in [0.29, 0.717) is 6.04 Å². The molecule has 0 bridgehead atoms. The fraction of sp³-hybridized carbons (Fsp3) is 0.647. The van der Waals surface area contributed by atoms with E-state index in [4.69, 9.17) is 4.74 Å². The van der Waals surface area contributed by atoms with Gasteiger partial charge < -0.3 is 15.0 Å². The molecule has 1 fully saturated rings. The first kappa shape index (κ1) is 15.3. The second-order valence-corrected chi connectivity index (χ2v) is 5.83. The molecular weight excluding hydrogens is 248 g/mol. The molecule has 3 nitrogen and oxygen atoms in total. The smallest absolute Gasteiger partial charge is 0.0587 e. The van der Waals surface area contributed by atoms with E-state index >= 15 is 0 Å². The molecule has 112 valence electrons. The van der Waals surface area contributed by atoms with Gasteiger partial charge in [0.15, 0.2) is 0 Å². The monoisotopic (exact) mass is 276 g/mol. The lowest BCUT2D eigenvalue weighted by Gasteiger charge is -2.36. The van der Waals surface area contributed by atoms with Gasteiger partial charge in [-0.2, -0.15) is 0 Å². The van der Waals surface area contributed by atoms with Crippen LogP contribution in [0.1, 0.15) is 37.3 Å². The Hall–Kier alpha value is -1.06. The van der Waals surface area contributed by atoms with E-state index in [1.807, 2.05) is 0 Å². The normalized spacial score (nSPS) is 19.4. The van der Waals surface area contributed by atoms with Gasteiger partial charge in [-0.15, -0.1) is 0 Å². The summed E-state index contributed by atoms with van der Waals surface area (Å²) in [5.41, 5.74) is 4.16. The van der Waals surface area contributed by atoms with Crippen molar-refractivity contribution in [2.75, 3.05) is 31.7 Å². The highest BCUT2D eigenvalue weighted by molar-refractivity contribution is 5.55. The topological polar surface area (TPSA) is 24.5 Å². The second kappa shape index (κ2) is 7.65.